The summed E-state index contributed by atoms with van der Waals surface area (Å²) in [4.78, 5) is 23.0. The van der Waals surface area contributed by atoms with Gasteiger partial charge in [-0.3, -0.25) is 9.36 Å². The van der Waals surface area contributed by atoms with E-state index in [0.717, 1.165) is 12.2 Å². The van der Waals surface area contributed by atoms with E-state index in [9.17, 15) is 4.79 Å². The van der Waals surface area contributed by atoms with Crippen molar-refractivity contribution in [2.45, 2.75) is 46.4 Å². The van der Waals surface area contributed by atoms with Gasteiger partial charge in [-0.15, -0.1) is 0 Å². The van der Waals surface area contributed by atoms with E-state index >= 15 is 0 Å². The molecule has 2 aromatic rings. The molecule has 1 fully saturated rings. The first-order valence-corrected chi connectivity index (χ1v) is 7.12. The summed E-state index contributed by atoms with van der Waals surface area (Å²) in [5.74, 6) is 1.60. The molecule has 108 valence electrons. The fraction of sp³-hybridized carbons (Fsp3) is 0.643. The highest BCUT2D eigenvalue weighted by molar-refractivity contribution is 5.69. The molecular weight excluding hydrogens is 256 g/mol. The van der Waals surface area contributed by atoms with E-state index in [1.165, 1.54) is 6.33 Å². The van der Waals surface area contributed by atoms with Crippen LogP contribution in [0, 0.1) is 18.8 Å². The quantitative estimate of drug-likeness (QED) is 0.910. The molecule has 20 heavy (non-hydrogen) atoms. The van der Waals surface area contributed by atoms with Crippen LogP contribution in [0.3, 0.4) is 0 Å². The molecule has 2 aromatic heterocycles. The molecule has 3 heterocycles. The smallest absolute Gasteiger partial charge is 0.278 e. The fourth-order valence-corrected chi connectivity index (χ4v) is 3.12. The second-order valence-corrected chi connectivity index (χ2v) is 5.62. The lowest BCUT2D eigenvalue weighted by Crippen LogP contribution is -2.17. The van der Waals surface area contributed by atoms with Crippen molar-refractivity contribution in [3.63, 3.8) is 0 Å². The summed E-state index contributed by atoms with van der Waals surface area (Å²) in [6.45, 7) is 8.43. The van der Waals surface area contributed by atoms with Crippen LogP contribution >= 0.6 is 0 Å². The molecule has 4 atom stereocenters. The Balaban J connectivity index is 2.14. The fourth-order valence-electron chi connectivity index (χ4n) is 3.12. The number of rotatable bonds is 2. The number of fused-ring (bicyclic) bond motifs is 1. The number of aromatic amines is 1. The van der Waals surface area contributed by atoms with E-state index in [1.807, 2.05) is 11.5 Å². The van der Waals surface area contributed by atoms with Gasteiger partial charge in [0.1, 0.15) is 12.1 Å². The van der Waals surface area contributed by atoms with Crippen molar-refractivity contribution in [2.24, 2.45) is 11.8 Å². The second kappa shape index (κ2) is 4.70. The zero-order valence-corrected chi connectivity index (χ0v) is 12.3. The van der Waals surface area contributed by atoms with E-state index in [4.69, 9.17) is 4.74 Å². The minimum atomic E-state index is -0.206. The van der Waals surface area contributed by atoms with Crippen molar-refractivity contribution >= 4 is 11.2 Å². The lowest BCUT2D eigenvalue weighted by atomic mass is 9.91. The molecule has 1 aliphatic rings. The Labute approximate surface area is 117 Å². The maximum absolute atomic E-state index is 11.8. The average molecular weight is 276 g/mol. The van der Waals surface area contributed by atoms with Gasteiger partial charge in [-0.05, 0) is 19.3 Å². The van der Waals surface area contributed by atoms with E-state index in [2.05, 4.69) is 35.7 Å². The zero-order valence-electron chi connectivity index (χ0n) is 12.3. The number of hydrogen-bond acceptors (Lipinski definition) is 4. The first-order chi connectivity index (χ1) is 9.54. The molecule has 6 nitrogen and oxygen atoms in total. The van der Waals surface area contributed by atoms with Crippen molar-refractivity contribution in [1.29, 1.82) is 0 Å². The van der Waals surface area contributed by atoms with Crippen LogP contribution in [0.15, 0.2) is 11.1 Å². The van der Waals surface area contributed by atoms with Crippen molar-refractivity contribution in [3.05, 3.63) is 22.5 Å². The van der Waals surface area contributed by atoms with Gasteiger partial charge in [-0.1, -0.05) is 20.8 Å². The molecule has 0 aliphatic carbocycles. The Hall–Kier alpha value is -1.69. The molecular formula is C14H20N4O2. The first-order valence-electron chi connectivity index (χ1n) is 7.12. The molecule has 1 N–H and O–H groups in total. The highest BCUT2D eigenvalue weighted by Gasteiger charge is 2.40. The van der Waals surface area contributed by atoms with Gasteiger partial charge in [0.2, 0.25) is 0 Å². The summed E-state index contributed by atoms with van der Waals surface area (Å²) in [6, 6.07) is 0. The van der Waals surface area contributed by atoms with Crippen molar-refractivity contribution < 1.29 is 4.74 Å². The molecule has 3 rings (SSSR count). The van der Waals surface area contributed by atoms with Crippen molar-refractivity contribution in [1.82, 2.24) is 19.5 Å². The van der Waals surface area contributed by atoms with E-state index in [0.29, 0.717) is 23.0 Å². The van der Waals surface area contributed by atoms with Crippen LogP contribution in [-0.4, -0.2) is 25.6 Å². The average Bonchev–Trinajstić information content (AvgIpc) is 2.90. The number of imidazole rings is 1. The molecule has 3 unspecified atom stereocenters. The van der Waals surface area contributed by atoms with Crippen LogP contribution in [0.4, 0.5) is 0 Å². The minimum absolute atomic E-state index is 0.103. The zero-order chi connectivity index (χ0) is 14.4. The summed E-state index contributed by atoms with van der Waals surface area (Å²) in [5.41, 5.74) is 0.781. The van der Waals surface area contributed by atoms with Gasteiger partial charge in [-0.25, -0.2) is 9.97 Å². The standard InChI is InChI=1S/C14H20N4O2/c1-5-10-7(2)8(3)14(20-10)18-9(4)17-11-12(18)15-6-16-13(11)19/h6-8,10,14H,5H2,1-4H3,(H,15,16,19)/t7-,8?,10?,14?/m1/s1. The van der Waals surface area contributed by atoms with Gasteiger partial charge in [0.25, 0.3) is 5.56 Å². The predicted molar refractivity (Wildman–Crippen MR) is 75.4 cm³/mol. The third kappa shape index (κ3) is 1.78. The molecule has 0 aromatic carbocycles. The van der Waals surface area contributed by atoms with E-state index in [1.54, 1.807) is 0 Å². The highest BCUT2D eigenvalue weighted by atomic mass is 16.5. The number of ether oxygens (including phenoxy) is 1. The molecule has 1 aliphatic heterocycles. The molecule has 0 amide bonds. The van der Waals surface area contributed by atoms with Crippen LogP contribution in [0.5, 0.6) is 0 Å². The van der Waals surface area contributed by atoms with Gasteiger partial charge >= 0.3 is 0 Å². The topological polar surface area (TPSA) is 72.8 Å². The molecule has 0 saturated carbocycles. The van der Waals surface area contributed by atoms with Crippen LogP contribution in [0.25, 0.3) is 11.2 Å². The number of hydrogen-bond donors (Lipinski definition) is 1. The lowest BCUT2D eigenvalue weighted by Gasteiger charge is -2.19. The largest absolute Gasteiger partial charge is 0.354 e. The predicted octanol–water partition coefficient (Wildman–Crippen LogP) is 2.01. The Morgan fingerprint density at radius 3 is 2.80 bits per heavy atom. The van der Waals surface area contributed by atoms with Gasteiger partial charge in [0.05, 0.1) is 12.4 Å². The van der Waals surface area contributed by atoms with Crippen LogP contribution in [-0.2, 0) is 4.74 Å². The Kier molecular flexibility index (Phi) is 3.12. The minimum Gasteiger partial charge on any atom is -0.354 e. The van der Waals surface area contributed by atoms with Crippen molar-refractivity contribution in [3.8, 4) is 0 Å². The summed E-state index contributed by atoms with van der Waals surface area (Å²) >= 11 is 0. The second-order valence-electron chi connectivity index (χ2n) is 5.62. The van der Waals surface area contributed by atoms with E-state index < -0.39 is 0 Å². The highest BCUT2D eigenvalue weighted by Crippen LogP contribution is 2.41. The molecule has 1 saturated heterocycles. The number of nitrogens with one attached hydrogen (secondary N) is 1. The first kappa shape index (κ1) is 13.3. The Morgan fingerprint density at radius 2 is 2.15 bits per heavy atom. The monoisotopic (exact) mass is 276 g/mol. The van der Waals surface area contributed by atoms with Crippen LogP contribution in [0.2, 0.25) is 0 Å². The normalized spacial score (nSPS) is 30.2. The number of aromatic nitrogens is 4. The molecule has 0 spiro atoms. The number of nitrogens with zero attached hydrogens (tertiary/aromatic N) is 3. The van der Waals surface area contributed by atoms with Crippen molar-refractivity contribution in [2.75, 3.05) is 0 Å². The number of H-pyrrole nitrogens is 1. The van der Waals surface area contributed by atoms with Gasteiger partial charge < -0.3 is 9.72 Å². The third-order valence-corrected chi connectivity index (χ3v) is 4.50. The van der Waals surface area contributed by atoms with Crippen LogP contribution in [0.1, 0.15) is 39.2 Å². The van der Waals surface area contributed by atoms with Gasteiger partial charge in [0.15, 0.2) is 11.2 Å². The molecule has 6 heteroatoms. The van der Waals surface area contributed by atoms with E-state index in [-0.39, 0.29) is 17.9 Å². The molecule has 0 bridgehead atoms. The van der Waals surface area contributed by atoms with Crippen LogP contribution < -0.4 is 5.56 Å². The summed E-state index contributed by atoms with van der Waals surface area (Å²) in [6.07, 6.45) is 2.55. The number of aryl methyl sites for hydroxylation is 1. The third-order valence-electron chi connectivity index (χ3n) is 4.50. The Morgan fingerprint density at radius 1 is 1.40 bits per heavy atom. The van der Waals surface area contributed by atoms with Gasteiger partial charge in [-0.2, -0.15) is 0 Å². The maximum Gasteiger partial charge on any atom is 0.278 e. The summed E-state index contributed by atoms with van der Waals surface area (Å²) < 4.78 is 8.14. The van der Waals surface area contributed by atoms with Gasteiger partial charge in [0, 0.05) is 5.92 Å². The summed E-state index contributed by atoms with van der Waals surface area (Å²) in [7, 11) is 0. The maximum atomic E-state index is 11.8. The SMILES string of the molecule is CCC1OC(n2c(C)nc3c(=O)[nH]cnc32)C(C)[C@H]1C. The lowest BCUT2D eigenvalue weighted by molar-refractivity contribution is -0.0130. The molecule has 0 radical (unpaired) electrons. The Bertz CT molecular complexity index is 690. The summed E-state index contributed by atoms with van der Waals surface area (Å²) in [5, 5.41) is 0.